The van der Waals surface area contributed by atoms with Gasteiger partial charge in [-0.05, 0) is 18.6 Å². The molecule has 0 atom stereocenters. The number of carboxylic acid groups (broad SMARTS) is 1. The van der Waals surface area contributed by atoms with Crippen LogP contribution in [0.1, 0.15) is 43.0 Å². The molecule has 5 heteroatoms. The van der Waals surface area contributed by atoms with E-state index in [0.29, 0.717) is 6.42 Å². The Labute approximate surface area is 105 Å². The van der Waals surface area contributed by atoms with E-state index in [1.807, 2.05) is 6.92 Å². The summed E-state index contributed by atoms with van der Waals surface area (Å²) < 4.78 is 0. The number of phenols is 1. The van der Waals surface area contributed by atoms with E-state index in [4.69, 9.17) is 5.11 Å². The van der Waals surface area contributed by atoms with Crippen LogP contribution in [0.5, 0.6) is 5.75 Å². The molecule has 0 spiro atoms. The number of hydrogen-bond acceptors (Lipinski definition) is 3. The fourth-order valence-corrected chi connectivity index (χ4v) is 1.57. The molecule has 1 aromatic rings. The lowest BCUT2D eigenvalue weighted by molar-refractivity contribution is -0.116. The van der Waals surface area contributed by atoms with Crippen LogP contribution in [-0.2, 0) is 4.79 Å². The predicted molar refractivity (Wildman–Crippen MR) is 67.8 cm³/mol. The first-order valence-electron chi connectivity index (χ1n) is 5.91. The molecule has 18 heavy (non-hydrogen) atoms. The van der Waals surface area contributed by atoms with Crippen LogP contribution in [0.2, 0.25) is 0 Å². The molecule has 0 saturated heterocycles. The highest BCUT2D eigenvalue weighted by atomic mass is 16.4. The molecule has 0 radical (unpaired) electrons. The van der Waals surface area contributed by atoms with Gasteiger partial charge >= 0.3 is 5.97 Å². The third-order valence-electron chi connectivity index (χ3n) is 2.55. The first kappa shape index (κ1) is 14.0. The number of carboxylic acids is 1. The number of hydrogen-bond donors (Lipinski definition) is 3. The van der Waals surface area contributed by atoms with Gasteiger partial charge in [-0.25, -0.2) is 4.79 Å². The van der Waals surface area contributed by atoms with Gasteiger partial charge in [-0.15, -0.1) is 0 Å². The molecule has 5 nitrogen and oxygen atoms in total. The van der Waals surface area contributed by atoms with Crippen molar-refractivity contribution in [1.29, 1.82) is 0 Å². The molecule has 0 unspecified atom stereocenters. The molecule has 1 rings (SSSR count). The maximum atomic E-state index is 11.6. The molecule has 1 amide bonds. The van der Waals surface area contributed by atoms with E-state index in [-0.39, 0.29) is 17.2 Å². The predicted octanol–water partition coefficient (Wildman–Crippen LogP) is 2.61. The van der Waals surface area contributed by atoms with Gasteiger partial charge < -0.3 is 15.5 Å². The van der Waals surface area contributed by atoms with Crippen molar-refractivity contribution in [1.82, 2.24) is 0 Å². The lowest BCUT2D eigenvalue weighted by Gasteiger charge is -2.08. The summed E-state index contributed by atoms with van der Waals surface area (Å²) in [4.78, 5) is 22.3. The van der Waals surface area contributed by atoms with Crippen molar-refractivity contribution in [3.05, 3.63) is 23.8 Å². The fourth-order valence-electron chi connectivity index (χ4n) is 1.57. The third-order valence-corrected chi connectivity index (χ3v) is 2.55. The average Bonchev–Trinajstić information content (AvgIpc) is 2.32. The molecule has 98 valence electrons. The van der Waals surface area contributed by atoms with Gasteiger partial charge in [-0.2, -0.15) is 0 Å². The molecule has 0 aromatic heterocycles. The Morgan fingerprint density at radius 1 is 1.28 bits per heavy atom. The quantitative estimate of drug-likeness (QED) is 0.535. The molecule has 3 N–H and O–H groups in total. The van der Waals surface area contributed by atoms with E-state index in [0.717, 1.165) is 19.3 Å². The molecular weight excluding hydrogens is 234 g/mol. The lowest BCUT2D eigenvalue weighted by atomic mass is 10.1. The Kier molecular flexibility index (Phi) is 5.17. The molecule has 1 aromatic carbocycles. The summed E-state index contributed by atoms with van der Waals surface area (Å²) in [5.74, 6) is -1.86. The van der Waals surface area contributed by atoms with Crippen LogP contribution in [0.15, 0.2) is 18.2 Å². The van der Waals surface area contributed by atoms with Crippen LogP contribution in [0.4, 0.5) is 5.69 Å². The number of para-hydroxylation sites is 1. The van der Waals surface area contributed by atoms with Gasteiger partial charge in [0.05, 0.1) is 5.69 Å². The van der Waals surface area contributed by atoms with Crippen LogP contribution >= 0.6 is 0 Å². The number of unbranched alkanes of at least 4 members (excludes halogenated alkanes) is 2. The fraction of sp³-hybridized carbons (Fsp3) is 0.385. The zero-order valence-electron chi connectivity index (χ0n) is 10.3. The molecule has 0 saturated carbocycles. The van der Waals surface area contributed by atoms with Gasteiger partial charge in [0.25, 0.3) is 0 Å². The zero-order chi connectivity index (χ0) is 13.5. The van der Waals surface area contributed by atoms with Gasteiger partial charge in [0.1, 0.15) is 5.56 Å². The van der Waals surface area contributed by atoms with E-state index >= 15 is 0 Å². The summed E-state index contributed by atoms with van der Waals surface area (Å²) >= 11 is 0. The smallest absolute Gasteiger partial charge is 0.339 e. The van der Waals surface area contributed by atoms with Crippen LogP contribution < -0.4 is 5.32 Å². The van der Waals surface area contributed by atoms with Gasteiger partial charge in [0.15, 0.2) is 5.75 Å². The zero-order valence-corrected chi connectivity index (χ0v) is 10.3. The monoisotopic (exact) mass is 251 g/mol. The third kappa shape index (κ3) is 3.76. The molecule has 0 fully saturated rings. The Balaban J connectivity index is 2.70. The topological polar surface area (TPSA) is 86.6 Å². The number of aromatic hydroxyl groups is 1. The average molecular weight is 251 g/mol. The number of carbonyl (C=O) groups excluding carboxylic acids is 1. The van der Waals surface area contributed by atoms with Crippen LogP contribution in [0.25, 0.3) is 0 Å². The number of benzene rings is 1. The lowest BCUT2D eigenvalue weighted by Crippen LogP contribution is -2.12. The summed E-state index contributed by atoms with van der Waals surface area (Å²) in [6.45, 7) is 2.04. The number of rotatable bonds is 6. The minimum Gasteiger partial charge on any atom is -0.505 e. The first-order chi connectivity index (χ1) is 8.56. The van der Waals surface area contributed by atoms with Crippen molar-refractivity contribution in [3.63, 3.8) is 0 Å². The molecule has 0 aliphatic heterocycles. The molecule has 0 aliphatic carbocycles. The van der Waals surface area contributed by atoms with E-state index in [1.54, 1.807) is 0 Å². The van der Waals surface area contributed by atoms with E-state index in [1.165, 1.54) is 18.2 Å². The van der Waals surface area contributed by atoms with Gasteiger partial charge in [-0.3, -0.25) is 4.79 Å². The summed E-state index contributed by atoms with van der Waals surface area (Å²) in [6, 6.07) is 4.23. The van der Waals surface area contributed by atoms with Crippen molar-refractivity contribution in [2.75, 3.05) is 5.32 Å². The van der Waals surface area contributed by atoms with Crippen molar-refractivity contribution >= 4 is 17.6 Å². The van der Waals surface area contributed by atoms with Crippen LogP contribution in [0, 0.1) is 0 Å². The van der Waals surface area contributed by atoms with Crippen molar-refractivity contribution in [2.24, 2.45) is 0 Å². The summed E-state index contributed by atoms with van der Waals surface area (Å²) in [7, 11) is 0. The molecule has 0 aliphatic rings. The van der Waals surface area contributed by atoms with Crippen LogP contribution in [0.3, 0.4) is 0 Å². The highest BCUT2D eigenvalue weighted by molar-refractivity contribution is 5.97. The second-order valence-electron chi connectivity index (χ2n) is 4.01. The number of amides is 1. The van der Waals surface area contributed by atoms with Crippen molar-refractivity contribution < 1.29 is 19.8 Å². The number of anilines is 1. The van der Waals surface area contributed by atoms with E-state index < -0.39 is 11.7 Å². The first-order valence-corrected chi connectivity index (χ1v) is 5.91. The maximum absolute atomic E-state index is 11.6. The SMILES string of the molecule is CCCCCC(=O)Nc1cccc(C(=O)O)c1O. The van der Waals surface area contributed by atoms with Gasteiger partial charge in [-0.1, -0.05) is 25.8 Å². The van der Waals surface area contributed by atoms with Crippen LogP contribution in [-0.4, -0.2) is 22.1 Å². The van der Waals surface area contributed by atoms with E-state index in [2.05, 4.69) is 5.32 Å². The number of aromatic carboxylic acids is 1. The van der Waals surface area contributed by atoms with Gasteiger partial charge in [0.2, 0.25) is 5.91 Å². The van der Waals surface area contributed by atoms with E-state index in [9.17, 15) is 14.7 Å². The standard InChI is InChI=1S/C13H17NO4/c1-2-3-4-8-11(15)14-10-7-5-6-9(12(10)16)13(17)18/h5-7,16H,2-4,8H2,1H3,(H,14,15)(H,17,18). The second-order valence-corrected chi connectivity index (χ2v) is 4.01. The normalized spacial score (nSPS) is 10.1. The number of carbonyl (C=O) groups is 2. The summed E-state index contributed by atoms with van der Waals surface area (Å²) in [5, 5.41) is 21.0. The Hall–Kier alpha value is -2.04. The highest BCUT2D eigenvalue weighted by Gasteiger charge is 2.14. The Morgan fingerprint density at radius 3 is 2.61 bits per heavy atom. The molecular formula is C13H17NO4. The Morgan fingerprint density at radius 2 is 2.00 bits per heavy atom. The molecule has 0 heterocycles. The minimum atomic E-state index is -1.23. The Bertz CT molecular complexity index is 443. The summed E-state index contributed by atoms with van der Waals surface area (Å²) in [5.41, 5.74) is -0.0854. The second kappa shape index (κ2) is 6.64. The highest BCUT2D eigenvalue weighted by Crippen LogP contribution is 2.27. The van der Waals surface area contributed by atoms with Gasteiger partial charge in [0, 0.05) is 6.42 Å². The summed E-state index contributed by atoms with van der Waals surface area (Å²) in [6.07, 6.45) is 3.13. The number of nitrogens with one attached hydrogen (secondary N) is 1. The maximum Gasteiger partial charge on any atom is 0.339 e. The molecule has 0 bridgehead atoms. The van der Waals surface area contributed by atoms with Crippen molar-refractivity contribution in [2.45, 2.75) is 32.6 Å². The van der Waals surface area contributed by atoms with Crippen molar-refractivity contribution in [3.8, 4) is 5.75 Å². The minimum absolute atomic E-state index is 0.136. The largest absolute Gasteiger partial charge is 0.505 e.